The van der Waals surface area contributed by atoms with Gasteiger partial charge in [-0.1, -0.05) is 6.07 Å². The Bertz CT molecular complexity index is 810. The first-order chi connectivity index (χ1) is 13.3. The van der Waals surface area contributed by atoms with Crippen molar-refractivity contribution in [1.82, 2.24) is 19.7 Å². The highest BCUT2D eigenvalue weighted by molar-refractivity contribution is 5.94. The average molecular weight is 394 g/mol. The van der Waals surface area contributed by atoms with Crippen LogP contribution in [0.2, 0.25) is 0 Å². The van der Waals surface area contributed by atoms with Crippen molar-refractivity contribution in [3.05, 3.63) is 59.4 Å². The third-order valence-electron chi connectivity index (χ3n) is 5.21. The smallest absolute Gasteiger partial charge is 0.353 e. The molecule has 1 aromatic carbocycles. The Kier molecular flexibility index (Phi) is 6.10. The van der Waals surface area contributed by atoms with Crippen molar-refractivity contribution < 1.29 is 18.0 Å². The minimum Gasteiger partial charge on any atom is -0.353 e. The van der Waals surface area contributed by atoms with E-state index in [4.69, 9.17) is 0 Å². The Hall–Kier alpha value is -2.32. The monoisotopic (exact) mass is 394 g/mol. The van der Waals surface area contributed by atoms with Crippen LogP contribution < -0.4 is 5.32 Å². The standard InChI is InChI=1S/C20H25F3N4O/c1-25-9-11-27(12-10-25)18(17-7-4-8-26(17)2)14-24-19(28)15-5-3-6-16(13-15)20(21,22)23/h3-8,13,18H,9-12,14H2,1-2H3,(H,24,28)/t18-/m1/s1. The first-order valence-electron chi connectivity index (χ1n) is 9.25. The molecule has 0 unspecified atom stereocenters. The van der Waals surface area contributed by atoms with Crippen molar-refractivity contribution in [2.24, 2.45) is 7.05 Å². The summed E-state index contributed by atoms with van der Waals surface area (Å²) in [6.07, 6.45) is -2.52. The molecule has 1 atom stereocenters. The molecule has 1 aliphatic rings. The number of likely N-dealkylation sites (N-methyl/N-ethyl adjacent to an activating group) is 1. The van der Waals surface area contributed by atoms with Crippen LogP contribution in [0.15, 0.2) is 42.6 Å². The number of carbonyl (C=O) groups excluding carboxylic acids is 1. The summed E-state index contributed by atoms with van der Waals surface area (Å²) < 4.78 is 40.7. The molecule has 0 bridgehead atoms. The second-order valence-corrected chi connectivity index (χ2v) is 7.19. The average Bonchev–Trinajstić information content (AvgIpc) is 3.08. The zero-order valence-electron chi connectivity index (χ0n) is 16.0. The predicted molar refractivity (Wildman–Crippen MR) is 101 cm³/mol. The van der Waals surface area contributed by atoms with Gasteiger partial charge in [-0.15, -0.1) is 0 Å². The van der Waals surface area contributed by atoms with Crippen molar-refractivity contribution in [3.63, 3.8) is 0 Å². The van der Waals surface area contributed by atoms with Gasteiger partial charge in [0.2, 0.25) is 0 Å². The first kappa shape index (κ1) is 20.4. The van der Waals surface area contributed by atoms with Crippen molar-refractivity contribution in [1.29, 1.82) is 0 Å². The van der Waals surface area contributed by atoms with Gasteiger partial charge in [-0.25, -0.2) is 0 Å². The zero-order valence-corrected chi connectivity index (χ0v) is 16.0. The molecule has 1 aliphatic heterocycles. The van der Waals surface area contributed by atoms with E-state index < -0.39 is 17.6 Å². The Labute approximate surface area is 162 Å². The lowest BCUT2D eigenvalue weighted by Crippen LogP contribution is -2.48. The molecule has 152 valence electrons. The molecule has 0 spiro atoms. The van der Waals surface area contributed by atoms with Crippen LogP contribution in [0, 0.1) is 0 Å². The molecule has 1 amide bonds. The maximum absolute atomic E-state index is 12.9. The Balaban J connectivity index is 1.73. The number of nitrogens with zero attached hydrogens (tertiary/aromatic N) is 3. The second kappa shape index (κ2) is 8.36. The van der Waals surface area contributed by atoms with Crippen LogP contribution in [0.3, 0.4) is 0 Å². The van der Waals surface area contributed by atoms with Gasteiger partial charge < -0.3 is 14.8 Å². The van der Waals surface area contributed by atoms with Gasteiger partial charge in [-0.2, -0.15) is 13.2 Å². The van der Waals surface area contributed by atoms with Crippen molar-refractivity contribution in [2.75, 3.05) is 39.8 Å². The molecule has 5 nitrogen and oxygen atoms in total. The number of hydrogen-bond donors (Lipinski definition) is 1. The number of alkyl halides is 3. The minimum absolute atomic E-state index is 0.0128. The summed E-state index contributed by atoms with van der Waals surface area (Å²) in [5, 5.41) is 2.83. The molecule has 2 aromatic rings. The summed E-state index contributed by atoms with van der Waals surface area (Å²) in [5.74, 6) is -0.501. The highest BCUT2D eigenvalue weighted by atomic mass is 19.4. The number of rotatable bonds is 5. The van der Waals surface area contributed by atoms with Crippen molar-refractivity contribution >= 4 is 5.91 Å². The summed E-state index contributed by atoms with van der Waals surface area (Å²) >= 11 is 0. The van der Waals surface area contributed by atoms with Crippen LogP contribution in [-0.2, 0) is 13.2 Å². The molecule has 3 rings (SSSR count). The maximum atomic E-state index is 12.9. The number of carbonyl (C=O) groups is 1. The summed E-state index contributed by atoms with van der Waals surface area (Å²) in [4.78, 5) is 17.1. The summed E-state index contributed by atoms with van der Waals surface area (Å²) in [6.45, 7) is 3.93. The van der Waals surface area contributed by atoms with Gasteiger partial charge >= 0.3 is 6.18 Å². The van der Waals surface area contributed by atoms with Gasteiger partial charge in [-0.05, 0) is 37.4 Å². The van der Waals surface area contributed by atoms with Gasteiger partial charge in [0, 0.05) is 57.2 Å². The number of hydrogen-bond acceptors (Lipinski definition) is 3. The number of halogens is 3. The number of aryl methyl sites for hydroxylation is 1. The van der Waals surface area contributed by atoms with Gasteiger partial charge in [0.1, 0.15) is 0 Å². The molecule has 8 heteroatoms. The van der Waals surface area contributed by atoms with E-state index >= 15 is 0 Å². The predicted octanol–water partition coefficient (Wildman–Crippen LogP) is 2.76. The molecule has 0 saturated carbocycles. The molecule has 1 fully saturated rings. The highest BCUT2D eigenvalue weighted by Gasteiger charge is 2.31. The van der Waals surface area contributed by atoms with Gasteiger partial charge in [0.15, 0.2) is 0 Å². The zero-order chi connectivity index (χ0) is 20.3. The van der Waals surface area contributed by atoms with E-state index in [0.29, 0.717) is 6.54 Å². The second-order valence-electron chi connectivity index (χ2n) is 7.19. The van der Waals surface area contributed by atoms with Gasteiger partial charge in [0.25, 0.3) is 5.91 Å². The van der Waals surface area contributed by atoms with Crippen LogP contribution in [0.5, 0.6) is 0 Å². The van der Waals surface area contributed by atoms with E-state index in [9.17, 15) is 18.0 Å². The molecule has 28 heavy (non-hydrogen) atoms. The number of nitrogens with one attached hydrogen (secondary N) is 1. The van der Waals surface area contributed by atoms with E-state index in [0.717, 1.165) is 44.0 Å². The summed E-state index contributed by atoms with van der Waals surface area (Å²) in [5.41, 5.74) is 0.255. The van der Waals surface area contributed by atoms with E-state index in [2.05, 4.69) is 22.2 Å². The fourth-order valence-corrected chi connectivity index (χ4v) is 3.50. The molecule has 0 aliphatic carbocycles. The maximum Gasteiger partial charge on any atom is 0.416 e. The van der Waals surface area contributed by atoms with Crippen LogP contribution in [0.1, 0.15) is 27.7 Å². The van der Waals surface area contributed by atoms with Gasteiger partial charge in [-0.3, -0.25) is 9.69 Å². The molecule has 1 N–H and O–H groups in total. The van der Waals surface area contributed by atoms with E-state index in [1.165, 1.54) is 12.1 Å². The largest absolute Gasteiger partial charge is 0.416 e. The lowest BCUT2D eigenvalue weighted by atomic mass is 10.1. The SMILES string of the molecule is CN1CCN([C@H](CNC(=O)c2cccc(C(F)(F)F)c2)c2cccn2C)CC1. The van der Waals surface area contributed by atoms with Crippen LogP contribution >= 0.6 is 0 Å². The normalized spacial score (nSPS) is 17.5. The molecular formula is C20H25F3N4O. The Morgan fingerprint density at radius 2 is 1.82 bits per heavy atom. The number of aromatic nitrogens is 1. The van der Waals surface area contributed by atoms with Gasteiger partial charge in [0.05, 0.1) is 11.6 Å². The fraction of sp³-hybridized carbons (Fsp3) is 0.450. The summed E-state index contributed by atoms with van der Waals surface area (Å²) in [7, 11) is 4.03. The van der Waals surface area contributed by atoms with E-state index in [1.807, 2.05) is 29.9 Å². The Morgan fingerprint density at radius 1 is 1.11 bits per heavy atom. The molecule has 0 radical (unpaired) electrons. The molecule has 2 heterocycles. The molecule has 1 saturated heterocycles. The highest BCUT2D eigenvalue weighted by Crippen LogP contribution is 2.29. The Morgan fingerprint density at radius 3 is 2.43 bits per heavy atom. The quantitative estimate of drug-likeness (QED) is 0.848. The van der Waals surface area contributed by atoms with Crippen molar-refractivity contribution in [2.45, 2.75) is 12.2 Å². The van der Waals surface area contributed by atoms with E-state index in [-0.39, 0.29) is 11.6 Å². The minimum atomic E-state index is -4.47. The summed E-state index contributed by atoms with van der Waals surface area (Å²) in [6, 6.07) is 8.44. The van der Waals surface area contributed by atoms with Crippen LogP contribution in [-0.4, -0.2) is 60.0 Å². The molecular weight excluding hydrogens is 369 g/mol. The van der Waals surface area contributed by atoms with Crippen LogP contribution in [0.25, 0.3) is 0 Å². The lowest BCUT2D eigenvalue weighted by molar-refractivity contribution is -0.137. The number of piperazine rings is 1. The fourth-order valence-electron chi connectivity index (χ4n) is 3.50. The third-order valence-corrected chi connectivity index (χ3v) is 5.21. The molecule has 1 aromatic heterocycles. The number of benzene rings is 1. The third kappa shape index (κ3) is 4.74. The topological polar surface area (TPSA) is 40.5 Å². The lowest BCUT2D eigenvalue weighted by Gasteiger charge is -2.38. The number of amides is 1. The first-order valence-corrected chi connectivity index (χ1v) is 9.25. The van der Waals surface area contributed by atoms with Crippen LogP contribution in [0.4, 0.5) is 13.2 Å². The van der Waals surface area contributed by atoms with E-state index in [1.54, 1.807) is 0 Å². The van der Waals surface area contributed by atoms with Crippen molar-refractivity contribution in [3.8, 4) is 0 Å².